The summed E-state index contributed by atoms with van der Waals surface area (Å²) in [5, 5.41) is 18.7. The summed E-state index contributed by atoms with van der Waals surface area (Å²) in [6.45, 7) is 3.60. The number of hydrogen-bond acceptors (Lipinski definition) is 8. The van der Waals surface area contributed by atoms with Crippen LogP contribution in [0.25, 0.3) is 22.3 Å². The Morgan fingerprint density at radius 1 is 1.18 bits per heavy atom. The molecule has 34 heavy (non-hydrogen) atoms. The summed E-state index contributed by atoms with van der Waals surface area (Å²) >= 11 is 0. The topological polar surface area (TPSA) is 139 Å². The molecule has 3 N–H and O–H groups in total. The van der Waals surface area contributed by atoms with E-state index < -0.39 is 10.0 Å². The molecule has 0 atom stereocenters. The van der Waals surface area contributed by atoms with Gasteiger partial charge < -0.3 is 10.4 Å². The molecule has 3 aromatic rings. The monoisotopic (exact) mass is 486 g/mol. The fourth-order valence-corrected chi connectivity index (χ4v) is 5.01. The maximum atomic E-state index is 12.1. The smallest absolute Gasteiger partial charge is 0.263 e. The Morgan fingerprint density at radius 3 is 2.59 bits per heavy atom. The van der Waals surface area contributed by atoms with Crippen LogP contribution in [0.5, 0.6) is 0 Å². The molecule has 182 valence electrons. The highest BCUT2D eigenvalue weighted by Crippen LogP contribution is 2.31. The molecule has 4 rings (SSSR count). The molecule has 10 nitrogen and oxygen atoms in total. The van der Waals surface area contributed by atoms with Crippen molar-refractivity contribution in [3.63, 3.8) is 0 Å². The van der Waals surface area contributed by atoms with E-state index in [2.05, 4.69) is 17.2 Å². The quantitative estimate of drug-likeness (QED) is 0.294. The van der Waals surface area contributed by atoms with Crippen molar-refractivity contribution < 1.29 is 18.3 Å². The normalized spacial score (nSPS) is 18.6. The molecule has 1 fully saturated rings. The first-order valence-corrected chi connectivity index (χ1v) is 13.1. The zero-order valence-corrected chi connectivity index (χ0v) is 20.0. The molecular formula is C23H30N6O4S. The molecule has 11 heteroatoms. The van der Waals surface area contributed by atoms with Crippen molar-refractivity contribution >= 4 is 33.4 Å². The van der Waals surface area contributed by atoms with E-state index in [1.54, 1.807) is 18.3 Å². The summed E-state index contributed by atoms with van der Waals surface area (Å²) in [6.07, 6.45) is 7.21. The summed E-state index contributed by atoms with van der Waals surface area (Å²) in [6, 6.07) is 6.21. The second-order valence-electron chi connectivity index (χ2n) is 8.68. The van der Waals surface area contributed by atoms with E-state index in [1.807, 2.05) is 9.40 Å². The molecule has 1 amide bonds. The fraction of sp³-hybridized carbons (Fsp3) is 0.478. The number of nitrogens with one attached hydrogen (secondary N) is 2. The van der Waals surface area contributed by atoms with Gasteiger partial charge in [-0.25, -0.2) is 18.1 Å². The van der Waals surface area contributed by atoms with Crippen LogP contribution >= 0.6 is 0 Å². The van der Waals surface area contributed by atoms with Gasteiger partial charge in [0.25, 0.3) is 10.0 Å². The predicted octanol–water partition coefficient (Wildman–Crippen LogP) is 2.69. The number of fused-ring (bicyclic) bond motifs is 1. The van der Waals surface area contributed by atoms with Gasteiger partial charge in [0.15, 0.2) is 5.65 Å². The molecule has 2 aromatic heterocycles. The minimum absolute atomic E-state index is 0.00786. The Morgan fingerprint density at radius 2 is 1.91 bits per heavy atom. The lowest BCUT2D eigenvalue weighted by atomic mass is 9.87. The first-order chi connectivity index (χ1) is 16.4. The number of anilines is 1. The molecule has 1 aliphatic rings. The second-order valence-corrected chi connectivity index (χ2v) is 10.4. The second kappa shape index (κ2) is 10.5. The molecule has 1 aliphatic carbocycles. The Kier molecular flexibility index (Phi) is 7.42. The van der Waals surface area contributed by atoms with E-state index in [1.165, 1.54) is 12.1 Å². The van der Waals surface area contributed by atoms with Gasteiger partial charge >= 0.3 is 0 Å². The van der Waals surface area contributed by atoms with E-state index in [-0.39, 0.29) is 17.4 Å². The number of rotatable bonds is 10. The van der Waals surface area contributed by atoms with Gasteiger partial charge in [-0.1, -0.05) is 25.5 Å². The van der Waals surface area contributed by atoms with Crippen LogP contribution in [0.2, 0.25) is 0 Å². The largest absolute Gasteiger partial charge is 0.393 e. The molecule has 0 aliphatic heterocycles. The highest BCUT2D eigenvalue weighted by atomic mass is 32.2. The van der Waals surface area contributed by atoms with Crippen molar-refractivity contribution in [1.29, 1.82) is 0 Å². The van der Waals surface area contributed by atoms with Gasteiger partial charge in [-0.2, -0.15) is 10.1 Å². The van der Waals surface area contributed by atoms with Gasteiger partial charge in [-0.05, 0) is 50.2 Å². The lowest BCUT2D eigenvalue weighted by molar-refractivity contribution is -0.108. The van der Waals surface area contributed by atoms with Crippen LogP contribution in [0.4, 0.5) is 5.95 Å². The Bertz CT molecular complexity index is 1230. The minimum atomic E-state index is -3.88. The molecule has 0 unspecified atom stereocenters. The zero-order valence-electron chi connectivity index (χ0n) is 19.1. The zero-order chi connectivity index (χ0) is 24.1. The summed E-state index contributed by atoms with van der Waals surface area (Å²) in [4.78, 5) is 19.8. The third kappa shape index (κ3) is 5.36. The average Bonchev–Trinajstić information content (AvgIpc) is 3.18. The first-order valence-electron chi connectivity index (χ1n) is 11.6. The van der Waals surface area contributed by atoms with Gasteiger partial charge in [-0.3, -0.25) is 9.52 Å². The van der Waals surface area contributed by atoms with E-state index in [0.29, 0.717) is 24.1 Å². The predicted molar refractivity (Wildman–Crippen MR) is 129 cm³/mol. The van der Waals surface area contributed by atoms with Crippen LogP contribution in [0.1, 0.15) is 45.4 Å². The molecular weight excluding hydrogens is 456 g/mol. The highest BCUT2D eigenvalue weighted by molar-refractivity contribution is 7.90. The average molecular weight is 487 g/mol. The van der Waals surface area contributed by atoms with Gasteiger partial charge in [0.05, 0.1) is 16.4 Å². The number of aromatic nitrogens is 4. The van der Waals surface area contributed by atoms with Crippen molar-refractivity contribution in [2.75, 3.05) is 11.9 Å². The molecule has 1 saturated carbocycles. The number of aliphatic hydroxyl groups is 1. The Balaban J connectivity index is 1.69. The lowest BCUT2D eigenvalue weighted by Crippen LogP contribution is -2.22. The number of unbranched alkanes of at least 4 members (excludes halogenated alkanes) is 1. The molecule has 2 heterocycles. The Hall–Kier alpha value is -3.05. The standard InChI is InChI=1S/C23H30N6O4S/c1-2-3-12-24-23-25-13-20-21(17-6-10-19(11-7-17)34(32,33)26-15-30)28-29(22(20)27-23)14-16-4-8-18(31)9-5-16/h6-7,10-11,13,15-16,18,31H,2-5,8-9,12,14H2,1H3,(H,26,30)(H,24,25,27). The van der Waals surface area contributed by atoms with E-state index >= 15 is 0 Å². The SMILES string of the molecule is CCCCNc1ncc2c(-c3ccc(S(=O)(=O)NC=O)cc3)nn(CC3CCC(O)CC3)c2n1. The third-order valence-electron chi connectivity index (χ3n) is 6.19. The summed E-state index contributed by atoms with van der Waals surface area (Å²) in [7, 11) is -3.88. The number of aliphatic hydroxyl groups excluding tert-OH is 1. The van der Waals surface area contributed by atoms with Crippen LogP contribution in [-0.4, -0.2) is 52.3 Å². The highest BCUT2D eigenvalue weighted by Gasteiger charge is 2.23. The number of nitrogens with zero attached hydrogens (tertiary/aromatic N) is 4. The summed E-state index contributed by atoms with van der Waals surface area (Å²) < 4.78 is 27.9. The number of benzene rings is 1. The van der Waals surface area contributed by atoms with Crippen molar-refractivity contribution in [3.8, 4) is 11.3 Å². The molecule has 1 aromatic carbocycles. The van der Waals surface area contributed by atoms with Crippen LogP contribution in [0.15, 0.2) is 35.4 Å². The number of hydrogen-bond donors (Lipinski definition) is 3. The minimum Gasteiger partial charge on any atom is -0.393 e. The number of carbonyl (C=O) groups excluding carboxylic acids is 1. The van der Waals surface area contributed by atoms with Crippen molar-refractivity contribution in [2.24, 2.45) is 5.92 Å². The lowest BCUT2D eigenvalue weighted by Gasteiger charge is -2.25. The van der Waals surface area contributed by atoms with Crippen molar-refractivity contribution in [2.45, 2.75) is 63.0 Å². The third-order valence-corrected chi connectivity index (χ3v) is 7.49. The maximum Gasteiger partial charge on any atom is 0.263 e. The summed E-state index contributed by atoms with van der Waals surface area (Å²) in [5.41, 5.74) is 2.11. The molecule has 0 spiro atoms. The number of carbonyl (C=O) groups is 1. The van der Waals surface area contributed by atoms with Crippen molar-refractivity contribution in [1.82, 2.24) is 24.5 Å². The van der Waals surface area contributed by atoms with Crippen LogP contribution in [0, 0.1) is 5.92 Å². The van der Waals surface area contributed by atoms with E-state index in [4.69, 9.17) is 10.1 Å². The van der Waals surface area contributed by atoms with Gasteiger partial charge in [0.2, 0.25) is 12.4 Å². The van der Waals surface area contributed by atoms with E-state index in [9.17, 15) is 18.3 Å². The molecule has 0 saturated heterocycles. The maximum absolute atomic E-state index is 12.1. The molecule has 0 bridgehead atoms. The first kappa shape index (κ1) is 24.1. The molecule has 0 radical (unpaired) electrons. The van der Waals surface area contributed by atoms with Gasteiger partial charge in [0.1, 0.15) is 5.69 Å². The van der Waals surface area contributed by atoms with Crippen LogP contribution in [0.3, 0.4) is 0 Å². The number of sulfonamides is 1. The van der Waals surface area contributed by atoms with Crippen molar-refractivity contribution in [3.05, 3.63) is 30.5 Å². The number of amides is 1. The van der Waals surface area contributed by atoms with Crippen LogP contribution in [-0.2, 0) is 21.4 Å². The van der Waals surface area contributed by atoms with Gasteiger partial charge in [-0.15, -0.1) is 0 Å². The van der Waals surface area contributed by atoms with E-state index in [0.717, 1.165) is 61.7 Å². The fourth-order valence-electron chi connectivity index (χ4n) is 4.26. The van der Waals surface area contributed by atoms with Crippen LogP contribution < -0.4 is 10.0 Å². The van der Waals surface area contributed by atoms with Gasteiger partial charge in [0, 0.05) is 24.8 Å². The summed E-state index contributed by atoms with van der Waals surface area (Å²) in [5.74, 6) is 0.946. The Labute approximate surface area is 198 Å².